The minimum atomic E-state index is 0. The number of benzene rings is 1. The third-order valence-electron chi connectivity index (χ3n) is 8.43. The zero-order chi connectivity index (χ0) is 20.3. The monoisotopic (exact) mass is 443 g/mol. The highest BCUT2D eigenvalue weighted by molar-refractivity contribution is 5.85. The Kier molecular flexibility index (Phi) is 8.01. The van der Waals surface area contributed by atoms with Crippen molar-refractivity contribution in [2.24, 2.45) is 17.6 Å². The van der Waals surface area contributed by atoms with E-state index in [0.29, 0.717) is 6.04 Å². The van der Waals surface area contributed by atoms with Gasteiger partial charge in [0, 0.05) is 36.2 Å². The molecule has 1 aromatic carbocycles. The summed E-state index contributed by atoms with van der Waals surface area (Å²) in [5.41, 5.74) is 9.20. The van der Waals surface area contributed by atoms with Crippen molar-refractivity contribution in [3.05, 3.63) is 36.0 Å². The summed E-state index contributed by atoms with van der Waals surface area (Å²) in [6.07, 6.45) is 17.5. The maximum absolute atomic E-state index is 6.10. The Labute approximate surface area is 195 Å². The molecule has 3 nitrogen and oxygen atoms in total. The third kappa shape index (κ3) is 5.49. The van der Waals surface area contributed by atoms with Crippen LogP contribution in [-0.4, -0.2) is 35.1 Å². The van der Waals surface area contributed by atoms with Gasteiger partial charge in [0.1, 0.15) is 0 Å². The van der Waals surface area contributed by atoms with Crippen LogP contribution in [0.25, 0.3) is 10.9 Å². The molecule has 31 heavy (non-hydrogen) atoms. The van der Waals surface area contributed by atoms with E-state index < -0.39 is 0 Å². The second-order valence-electron chi connectivity index (χ2n) is 10.6. The number of piperidine rings is 1. The number of hydrogen-bond donors (Lipinski definition) is 1. The van der Waals surface area contributed by atoms with Crippen molar-refractivity contribution < 1.29 is 0 Å². The summed E-state index contributed by atoms with van der Waals surface area (Å²) in [4.78, 5) is 2.75. The molecule has 0 amide bonds. The number of hydrogen-bond acceptors (Lipinski definition) is 2. The van der Waals surface area contributed by atoms with Gasteiger partial charge in [-0.1, -0.05) is 37.5 Å². The average Bonchev–Trinajstić information content (AvgIpc) is 3.15. The first-order chi connectivity index (χ1) is 14.8. The van der Waals surface area contributed by atoms with Gasteiger partial charge in [-0.25, -0.2) is 0 Å². The summed E-state index contributed by atoms with van der Waals surface area (Å²) < 4.78 is 2.61. The van der Waals surface area contributed by atoms with E-state index in [1.807, 2.05) is 0 Å². The molecule has 0 bridgehead atoms. The van der Waals surface area contributed by atoms with Crippen molar-refractivity contribution in [1.82, 2.24) is 9.47 Å². The van der Waals surface area contributed by atoms with Crippen LogP contribution in [0.15, 0.2) is 30.5 Å². The van der Waals surface area contributed by atoms with Crippen LogP contribution in [-0.2, 0) is 6.54 Å². The molecule has 2 saturated carbocycles. The lowest BCUT2D eigenvalue weighted by molar-refractivity contribution is 0.160. The number of halogens is 1. The second-order valence-corrected chi connectivity index (χ2v) is 10.6. The van der Waals surface area contributed by atoms with Crippen molar-refractivity contribution in [3.8, 4) is 0 Å². The number of nitrogens with two attached hydrogens (primary N) is 1. The zero-order valence-electron chi connectivity index (χ0n) is 19.2. The first kappa shape index (κ1) is 23.1. The van der Waals surface area contributed by atoms with E-state index in [9.17, 15) is 0 Å². The lowest BCUT2D eigenvalue weighted by Gasteiger charge is -2.36. The van der Waals surface area contributed by atoms with E-state index in [-0.39, 0.29) is 12.4 Å². The molecule has 0 spiro atoms. The Hall–Kier alpha value is -1.03. The molecule has 2 aromatic rings. The molecule has 2 heterocycles. The molecule has 4 heteroatoms. The number of para-hydroxylation sites is 1. The van der Waals surface area contributed by atoms with Crippen LogP contribution in [0.1, 0.15) is 82.1 Å². The van der Waals surface area contributed by atoms with E-state index in [1.165, 1.54) is 108 Å². The Bertz CT molecular complexity index is 809. The zero-order valence-corrected chi connectivity index (χ0v) is 20.0. The normalized spacial score (nSPS) is 26.7. The quantitative estimate of drug-likeness (QED) is 0.584. The van der Waals surface area contributed by atoms with Gasteiger partial charge in [0.05, 0.1) is 0 Å². The van der Waals surface area contributed by atoms with Crippen molar-refractivity contribution in [3.63, 3.8) is 0 Å². The fraction of sp³-hybridized carbons (Fsp3) is 0.704. The van der Waals surface area contributed by atoms with Crippen LogP contribution in [0.4, 0.5) is 0 Å². The van der Waals surface area contributed by atoms with Gasteiger partial charge in [-0.3, -0.25) is 0 Å². The van der Waals surface area contributed by atoms with Crippen molar-refractivity contribution in [2.75, 3.05) is 19.6 Å². The van der Waals surface area contributed by atoms with E-state index in [1.54, 1.807) is 5.56 Å². The summed E-state index contributed by atoms with van der Waals surface area (Å²) in [5.74, 6) is 2.50. The molecule has 2 aliphatic carbocycles. The summed E-state index contributed by atoms with van der Waals surface area (Å²) in [6.45, 7) is 5.08. The molecule has 1 aliphatic heterocycles. The number of nitrogens with zero attached hydrogens (tertiary/aromatic N) is 2. The second kappa shape index (κ2) is 10.7. The van der Waals surface area contributed by atoms with Gasteiger partial charge in [0.2, 0.25) is 0 Å². The maximum Gasteiger partial charge on any atom is 0.0483 e. The number of likely N-dealkylation sites (tertiary alicyclic amines) is 1. The summed E-state index contributed by atoms with van der Waals surface area (Å²) in [5, 5.41) is 1.52. The van der Waals surface area contributed by atoms with Gasteiger partial charge in [0.15, 0.2) is 0 Å². The lowest BCUT2D eigenvalue weighted by Crippen LogP contribution is -2.38. The van der Waals surface area contributed by atoms with Crippen LogP contribution in [0.5, 0.6) is 0 Å². The standard InChI is InChI=1S/C27H41N3.ClH/c28-24-12-10-22(11-13-24)18-29-16-14-23(15-17-29)26-20-30(19-21-6-2-1-3-7-21)27-9-5-4-8-25(26)27;/h4-5,8-9,20-24H,1-3,6-7,10-19,28H2;1H. The molecule has 172 valence electrons. The molecule has 0 atom stereocenters. The van der Waals surface area contributed by atoms with Crippen LogP contribution < -0.4 is 5.73 Å². The molecule has 1 saturated heterocycles. The minimum Gasteiger partial charge on any atom is -0.347 e. The van der Waals surface area contributed by atoms with Gasteiger partial charge in [0.25, 0.3) is 0 Å². The van der Waals surface area contributed by atoms with Crippen LogP contribution in [0, 0.1) is 11.8 Å². The highest BCUT2D eigenvalue weighted by Gasteiger charge is 2.27. The summed E-state index contributed by atoms with van der Waals surface area (Å²) in [7, 11) is 0. The third-order valence-corrected chi connectivity index (χ3v) is 8.43. The molecule has 0 unspecified atom stereocenters. The maximum atomic E-state index is 6.10. The van der Waals surface area contributed by atoms with Gasteiger partial charge >= 0.3 is 0 Å². The van der Waals surface area contributed by atoms with E-state index in [2.05, 4.69) is 39.9 Å². The molecular weight excluding hydrogens is 402 g/mol. The SMILES string of the molecule is Cl.NC1CCC(CN2CCC(c3cn(CC4CCCCC4)c4ccccc34)CC2)CC1. The minimum absolute atomic E-state index is 0. The fourth-order valence-corrected chi connectivity index (χ4v) is 6.56. The summed E-state index contributed by atoms with van der Waals surface area (Å²) >= 11 is 0. The fourth-order valence-electron chi connectivity index (χ4n) is 6.56. The highest BCUT2D eigenvalue weighted by Crippen LogP contribution is 2.36. The van der Waals surface area contributed by atoms with Gasteiger partial charge in [-0.05, 0) is 93.8 Å². The van der Waals surface area contributed by atoms with E-state index >= 15 is 0 Å². The Balaban J connectivity index is 0.00000231. The molecule has 0 radical (unpaired) electrons. The topological polar surface area (TPSA) is 34.2 Å². The molecule has 3 fully saturated rings. The van der Waals surface area contributed by atoms with Gasteiger partial charge in [-0.2, -0.15) is 0 Å². The molecular formula is C27H42ClN3. The predicted octanol–water partition coefficient (Wildman–Crippen LogP) is 6.34. The van der Waals surface area contributed by atoms with E-state index in [0.717, 1.165) is 17.8 Å². The smallest absolute Gasteiger partial charge is 0.0483 e. The Morgan fingerprint density at radius 3 is 2.19 bits per heavy atom. The number of aromatic nitrogens is 1. The number of rotatable bonds is 5. The van der Waals surface area contributed by atoms with Crippen LogP contribution >= 0.6 is 12.4 Å². The average molecular weight is 444 g/mol. The van der Waals surface area contributed by atoms with Crippen molar-refractivity contribution in [1.29, 1.82) is 0 Å². The Morgan fingerprint density at radius 2 is 1.45 bits per heavy atom. The molecule has 5 rings (SSSR count). The first-order valence-corrected chi connectivity index (χ1v) is 12.8. The van der Waals surface area contributed by atoms with Crippen molar-refractivity contribution in [2.45, 2.75) is 89.1 Å². The first-order valence-electron chi connectivity index (χ1n) is 12.8. The predicted molar refractivity (Wildman–Crippen MR) is 134 cm³/mol. The van der Waals surface area contributed by atoms with Gasteiger partial charge in [-0.15, -0.1) is 12.4 Å². The molecule has 3 aliphatic rings. The lowest BCUT2D eigenvalue weighted by atomic mass is 9.84. The summed E-state index contributed by atoms with van der Waals surface area (Å²) in [6, 6.07) is 9.66. The van der Waals surface area contributed by atoms with E-state index in [4.69, 9.17) is 5.73 Å². The number of fused-ring (bicyclic) bond motifs is 1. The molecule has 1 aromatic heterocycles. The van der Waals surface area contributed by atoms with Gasteiger partial charge < -0.3 is 15.2 Å². The van der Waals surface area contributed by atoms with Crippen LogP contribution in [0.2, 0.25) is 0 Å². The van der Waals surface area contributed by atoms with Crippen molar-refractivity contribution >= 4 is 23.3 Å². The Morgan fingerprint density at radius 1 is 0.774 bits per heavy atom. The highest BCUT2D eigenvalue weighted by atomic mass is 35.5. The largest absolute Gasteiger partial charge is 0.347 e. The van der Waals surface area contributed by atoms with Crippen LogP contribution in [0.3, 0.4) is 0 Å². The molecule has 2 N–H and O–H groups in total.